The van der Waals surface area contributed by atoms with Crippen molar-refractivity contribution in [2.75, 3.05) is 29.9 Å². The molecule has 1 fully saturated rings. The number of carbonyl (C=O) groups is 2. The van der Waals surface area contributed by atoms with Crippen LogP contribution in [0.15, 0.2) is 45.5 Å². The van der Waals surface area contributed by atoms with E-state index in [9.17, 15) is 9.59 Å². The maximum Gasteiger partial charge on any atom is 0.404 e. The van der Waals surface area contributed by atoms with E-state index in [1.165, 1.54) is 0 Å². The third kappa shape index (κ3) is 4.54. The summed E-state index contributed by atoms with van der Waals surface area (Å²) in [5.41, 5.74) is 1.74. The van der Waals surface area contributed by atoms with Gasteiger partial charge in [0.2, 0.25) is 0 Å². The first kappa shape index (κ1) is 17.3. The van der Waals surface area contributed by atoms with Gasteiger partial charge in [-0.25, -0.2) is 4.79 Å². The third-order valence-electron chi connectivity index (χ3n) is 4.12. The number of amides is 2. The van der Waals surface area contributed by atoms with Crippen LogP contribution in [-0.4, -0.2) is 36.7 Å². The Morgan fingerprint density at radius 3 is 2.64 bits per heavy atom. The van der Waals surface area contributed by atoms with E-state index in [-0.39, 0.29) is 11.7 Å². The van der Waals surface area contributed by atoms with E-state index in [4.69, 9.17) is 9.52 Å². The Kier molecular flexibility index (Phi) is 5.28. The van der Waals surface area contributed by atoms with Gasteiger partial charge in [0.1, 0.15) is 0 Å². The van der Waals surface area contributed by atoms with Crippen molar-refractivity contribution in [1.82, 2.24) is 5.32 Å². The number of nitrogens with one attached hydrogen (secondary N) is 2. The second kappa shape index (κ2) is 7.60. The van der Waals surface area contributed by atoms with Crippen molar-refractivity contribution in [2.24, 2.45) is 5.92 Å². The molecule has 7 nitrogen and oxygen atoms in total. The minimum absolute atomic E-state index is 0.240. The molecule has 1 aromatic carbocycles. The monoisotopic (exact) mass is 407 g/mol. The zero-order valence-corrected chi connectivity index (χ0v) is 15.0. The summed E-state index contributed by atoms with van der Waals surface area (Å²) >= 11 is 3.17. The molecule has 0 saturated carbocycles. The van der Waals surface area contributed by atoms with Crippen LogP contribution >= 0.6 is 15.9 Å². The van der Waals surface area contributed by atoms with Crippen molar-refractivity contribution < 1.29 is 19.1 Å². The van der Waals surface area contributed by atoms with E-state index in [1.54, 1.807) is 12.1 Å². The Hall–Kier alpha value is -2.48. The van der Waals surface area contributed by atoms with Gasteiger partial charge in [0.25, 0.3) is 5.91 Å². The van der Waals surface area contributed by atoms with Crippen LogP contribution in [0.25, 0.3) is 0 Å². The largest absolute Gasteiger partial charge is 0.465 e. The van der Waals surface area contributed by atoms with Crippen LogP contribution in [0, 0.1) is 5.92 Å². The molecule has 1 unspecified atom stereocenters. The topological polar surface area (TPSA) is 94.8 Å². The minimum atomic E-state index is -0.984. The average molecular weight is 408 g/mol. The molecule has 3 rings (SSSR count). The molecule has 1 atom stereocenters. The zero-order valence-electron chi connectivity index (χ0n) is 13.4. The van der Waals surface area contributed by atoms with E-state index < -0.39 is 6.09 Å². The number of benzene rings is 1. The van der Waals surface area contributed by atoms with Crippen LogP contribution in [0.5, 0.6) is 0 Å². The van der Waals surface area contributed by atoms with Crippen molar-refractivity contribution >= 4 is 39.3 Å². The van der Waals surface area contributed by atoms with Gasteiger partial charge in [-0.2, -0.15) is 0 Å². The summed E-state index contributed by atoms with van der Waals surface area (Å²) in [6, 6.07) is 10.8. The molecule has 25 heavy (non-hydrogen) atoms. The normalized spacial score (nSPS) is 16.7. The van der Waals surface area contributed by atoms with Crippen LogP contribution in [0.4, 0.5) is 16.2 Å². The molecule has 0 radical (unpaired) electrons. The summed E-state index contributed by atoms with van der Waals surface area (Å²) in [5.74, 6) is 0.247. The first-order valence-corrected chi connectivity index (χ1v) is 8.69. The van der Waals surface area contributed by atoms with Crippen molar-refractivity contribution in [2.45, 2.75) is 6.42 Å². The highest BCUT2D eigenvalue weighted by molar-refractivity contribution is 9.10. The lowest BCUT2D eigenvalue weighted by Gasteiger charge is -2.19. The molecule has 0 bridgehead atoms. The van der Waals surface area contributed by atoms with Gasteiger partial charge < -0.3 is 25.1 Å². The predicted molar refractivity (Wildman–Crippen MR) is 97.2 cm³/mol. The molecule has 1 aliphatic rings. The number of hydrogen-bond acceptors (Lipinski definition) is 4. The Labute approximate surface area is 153 Å². The first-order chi connectivity index (χ1) is 12.0. The Morgan fingerprint density at radius 1 is 1.24 bits per heavy atom. The number of anilines is 2. The number of hydrogen-bond donors (Lipinski definition) is 3. The van der Waals surface area contributed by atoms with E-state index >= 15 is 0 Å². The molecule has 1 aliphatic heterocycles. The highest BCUT2D eigenvalue weighted by atomic mass is 79.9. The molecule has 132 valence electrons. The number of rotatable bonds is 5. The lowest BCUT2D eigenvalue weighted by atomic mass is 10.1. The molecule has 8 heteroatoms. The summed E-state index contributed by atoms with van der Waals surface area (Å²) in [5, 5.41) is 13.9. The summed E-state index contributed by atoms with van der Waals surface area (Å²) in [4.78, 5) is 24.8. The summed E-state index contributed by atoms with van der Waals surface area (Å²) in [6.45, 7) is 2.17. The molecule has 2 aromatic rings. The van der Waals surface area contributed by atoms with E-state index in [0.717, 1.165) is 25.2 Å². The summed E-state index contributed by atoms with van der Waals surface area (Å²) in [7, 11) is 0. The Morgan fingerprint density at radius 2 is 2.00 bits per heavy atom. The Bertz CT molecular complexity index is 760. The fraction of sp³-hybridized carbons (Fsp3) is 0.294. The number of nitrogens with zero attached hydrogens (tertiary/aromatic N) is 1. The average Bonchev–Trinajstić information content (AvgIpc) is 3.23. The van der Waals surface area contributed by atoms with Crippen molar-refractivity contribution in [3.05, 3.63) is 46.8 Å². The second-order valence-electron chi connectivity index (χ2n) is 5.89. The van der Waals surface area contributed by atoms with Crippen LogP contribution in [0.1, 0.15) is 17.0 Å². The molecule has 2 heterocycles. The van der Waals surface area contributed by atoms with Gasteiger partial charge in [0.05, 0.1) is 0 Å². The van der Waals surface area contributed by atoms with E-state index in [0.29, 0.717) is 22.8 Å². The van der Waals surface area contributed by atoms with Gasteiger partial charge in [-0.05, 0) is 64.7 Å². The molecular formula is C17H18BrN3O4. The molecule has 3 N–H and O–H groups in total. The molecule has 2 amide bonds. The first-order valence-electron chi connectivity index (χ1n) is 7.90. The quantitative estimate of drug-likeness (QED) is 0.705. The highest BCUT2D eigenvalue weighted by Gasteiger charge is 2.23. The van der Waals surface area contributed by atoms with Gasteiger partial charge in [-0.3, -0.25) is 4.79 Å². The molecular weight excluding hydrogens is 390 g/mol. The van der Waals surface area contributed by atoms with Crippen LogP contribution in [0.3, 0.4) is 0 Å². The number of halogens is 1. The van der Waals surface area contributed by atoms with Crippen molar-refractivity contribution in [1.29, 1.82) is 0 Å². The zero-order chi connectivity index (χ0) is 17.8. The van der Waals surface area contributed by atoms with Gasteiger partial charge in [0.15, 0.2) is 10.4 Å². The van der Waals surface area contributed by atoms with Crippen molar-refractivity contribution in [3.63, 3.8) is 0 Å². The molecule has 0 aliphatic carbocycles. The minimum Gasteiger partial charge on any atom is -0.465 e. The number of carbonyl (C=O) groups excluding carboxylic acids is 1. The van der Waals surface area contributed by atoms with Gasteiger partial charge in [-0.1, -0.05) is 0 Å². The van der Waals surface area contributed by atoms with Gasteiger partial charge >= 0.3 is 6.09 Å². The fourth-order valence-corrected chi connectivity index (χ4v) is 3.16. The Balaban J connectivity index is 1.55. The molecule has 1 aromatic heterocycles. The van der Waals surface area contributed by atoms with Crippen LogP contribution < -0.4 is 15.5 Å². The maximum absolute atomic E-state index is 12.0. The highest BCUT2D eigenvalue weighted by Crippen LogP contribution is 2.25. The summed E-state index contributed by atoms with van der Waals surface area (Å²) < 4.78 is 5.73. The van der Waals surface area contributed by atoms with Gasteiger partial charge in [0, 0.05) is 31.0 Å². The number of carboxylic acid groups (broad SMARTS) is 1. The molecule has 0 spiro atoms. The van der Waals surface area contributed by atoms with E-state index in [2.05, 4.69) is 31.5 Å². The molecule has 1 saturated heterocycles. The van der Waals surface area contributed by atoms with Crippen molar-refractivity contribution in [3.8, 4) is 0 Å². The second-order valence-corrected chi connectivity index (χ2v) is 6.67. The van der Waals surface area contributed by atoms with Crippen LogP contribution in [-0.2, 0) is 0 Å². The third-order valence-corrected chi connectivity index (χ3v) is 4.54. The van der Waals surface area contributed by atoms with Gasteiger partial charge in [-0.15, -0.1) is 0 Å². The smallest absolute Gasteiger partial charge is 0.404 e. The predicted octanol–water partition coefficient (Wildman–Crippen LogP) is 3.39. The number of furan rings is 1. The lowest BCUT2D eigenvalue weighted by molar-refractivity contribution is 0.0995. The summed E-state index contributed by atoms with van der Waals surface area (Å²) in [6.07, 6.45) is -0.0336. The van der Waals surface area contributed by atoms with Crippen LogP contribution in [0.2, 0.25) is 0 Å². The standard InChI is InChI=1S/C17H18BrN3O4/c18-15-6-5-14(25-15)16(22)20-12-1-3-13(4-2-12)21-8-7-11(10-21)9-19-17(23)24/h1-6,11,19H,7-10H2,(H,20,22)(H,23,24). The maximum atomic E-state index is 12.0. The fourth-order valence-electron chi connectivity index (χ4n) is 2.85. The lowest BCUT2D eigenvalue weighted by Crippen LogP contribution is -2.29. The van der Waals surface area contributed by atoms with E-state index in [1.807, 2.05) is 24.3 Å². The SMILES string of the molecule is O=C(O)NCC1CCN(c2ccc(NC(=O)c3ccc(Br)o3)cc2)C1.